The maximum atomic E-state index is 13.2. The lowest BCUT2D eigenvalue weighted by molar-refractivity contribution is -0.192. The Bertz CT molecular complexity index is 1230. The van der Waals surface area contributed by atoms with Crippen molar-refractivity contribution in [2.75, 3.05) is 35.8 Å². The molecule has 0 atom stereocenters. The number of hydrogen-bond donors (Lipinski definition) is 4. The standard InChI is InChI=1S/C24H34N4O3S.C2HF3O2/c1-17(2)15-19-5-8-21(9-6-19)32(30,31)27-22-16-20(24(29)26-18(3)4)7-10-23(22)28-13-11-25-12-14-28;3-2(4,5)1(6)7/h5-10,16-18,25,27H,11-15H2,1-4H3,(H,26,29);(H,6,7). The topological polar surface area (TPSA) is 128 Å². The molecule has 0 unspecified atom stereocenters. The second-order valence-electron chi connectivity index (χ2n) is 9.75. The van der Waals surface area contributed by atoms with Crippen molar-refractivity contribution in [2.45, 2.75) is 51.2 Å². The molecule has 0 radical (unpaired) electrons. The van der Waals surface area contributed by atoms with E-state index in [4.69, 9.17) is 9.90 Å². The Morgan fingerprint density at radius 3 is 2.08 bits per heavy atom. The van der Waals surface area contributed by atoms with Crippen LogP contribution in [0.5, 0.6) is 0 Å². The highest BCUT2D eigenvalue weighted by molar-refractivity contribution is 7.92. The summed E-state index contributed by atoms with van der Waals surface area (Å²) in [5.74, 6) is -2.49. The summed E-state index contributed by atoms with van der Waals surface area (Å²) in [6.07, 6.45) is -4.19. The zero-order chi connectivity index (χ0) is 29.4. The third-order valence-electron chi connectivity index (χ3n) is 5.50. The molecule has 216 valence electrons. The number of nitrogens with one attached hydrogen (secondary N) is 3. The molecule has 2 aromatic carbocycles. The van der Waals surface area contributed by atoms with Gasteiger partial charge in [0, 0.05) is 37.8 Å². The van der Waals surface area contributed by atoms with Crippen molar-refractivity contribution >= 4 is 33.3 Å². The molecular weight excluding hydrogens is 537 g/mol. The summed E-state index contributed by atoms with van der Waals surface area (Å²) in [5, 5.41) is 13.3. The lowest BCUT2D eigenvalue weighted by atomic mass is 10.0. The average molecular weight is 573 g/mol. The summed E-state index contributed by atoms with van der Waals surface area (Å²) in [7, 11) is -3.81. The Labute approximate surface area is 226 Å². The van der Waals surface area contributed by atoms with Crippen LogP contribution in [0.2, 0.25) is 0 Å². The van der Waals surface area contributed by atoms with E-state index in [2.05, 4.69) is 34.1 Å². The van der Waals surface area contributed by atoms with Gasteiger partial charge in [-0.25, -0.2) is 13.2 Å². The number of carbonyl (C=O) groups excluding carboxylic acids is 1. The van der Waals surface area contributed by atoms with Crippen molar-refractivity contribution in [1.29, 1.82) is 0 Å². The first-order chi connectivity index (χ1) is 18.1. The van der Waals surface area contributed by atoms with Crippen LogP contribution in [0.25, 0.3) is 0 Å². The van der Waals surface area contributed by atoms with Gasteiger partial charge in [0.1, 0.15) is 0 Å². The first-order valence-electron chi connectivity index (χ1n) is 12.4. The molecule has 1 saturated heterocycles. The first kappa shape index (κ1) is 31.9. The Kier molecular flexibility index (Phi) is 11.2. The van der Waals surface area contributed by atoms with E-state index in [-0.39, 0.29) is 16.8 Å². The molecular formula is C26H35F3N4O5S. The van der Waals surface area contributed by atoms with Crippen LogP contribution in [0.15, 0.2) is 47.4 Å². The predicted molar refractivity (Wildman–Crippen MR) is 144 cm³/mol. The maximum Gasteiger partial charge on any atom is 0.490 e. The monoisotopic (exact) mass is 572 g/mol. The van der Waals surface area contributed by atoms with Crippen molar-refractivity contribution in [3.8, 4) is 0 Å². The van der Waals surface area contributed by atoms with Crippen LogP contribution < -0.4 is 20.3 Å². The van der Waals surface area contributed by atoms with Gasteiger partial charge in [-0.15, -0.1) is 0 Å². The molecule has 0 aliphatic carbocycles. The maximum absolute atomic E-state index is 13.2. The molecule has 1 fully saturated rings. The molecule has 2 aromatic rings. The van der Waals surface area contributed by atoms with E-state index in [1.165, 1.54) is 0 Å². The number of rotatable bonds is 8. The van der Waals surface area contributed by atoms with E-state index in [1.807, 2.05) is 32.0 Å². The van der Waals surface area contributed by atoms with Crippen LogP contribution in [0.4, 0.5) is 24.5 Å². The molecule has 9 nitrogen and oxygen atoms in total. The molecule has 4 N–H and O–H groups in total. The summed E-state index contributed by atoms with van der Waals surface area (Å²) in [4.78, 5) is 23.8. The van der Waals surface area contributed by atoms with E-state index in [1.54, 1.807) is 24.3 Å². The second-order valence-corrected chi connectivity index (χ2v) is 11.4. The number of alkyl halides is 3. The number of anilines is 2. The van der Waals surface area contributed by atoms with Gasteiger partial charge in [0.25, 0.3) is 15.9 Å². The van der Waals surface area contributed by atoms with Crippen LogP contribution in [0.1, 0.15) is 43.6 Å². The van der Waals surface area contributed by atoms with Gasteiger partial charge in [0.2, 0.25) is 0 Å². The molecule has 1 aliphatic rings. The molecule has 1 aliphatic heterocycles. The van der Waals surface area contributed by atoms with Gasteiger partial charge in [0.05, 0.1) is 16.3 Å². The highest BCUT2D eigenvalue weighted by atomic mass is 32.2. The number of carboxylic acids is 1. The van der Waals surface area contributed by atoms with Crippen molar-refractivity contribution in [2.24, 2.45) is 5.92 Å². The summed E-state index contributed by atoms with van der Waals surface area (Å²) < 4.78 is 60.8. The van der Waals surface area contributed by atoms with Gasteiger partial charge < -0.3 is 20.6 Å². The number of nitrogens with zero attached hydrogens (tertiary/aromatic N) is 1. The smallest absolute Gasteiger partial charge is 0.475 e. The van der Waals surface area contributed by atoms with E-state index in [9.17, 15) is 26.4 Å². The predicted octanol–water partition coefficient (Wildman–Crippen LogP) is 3.87. The number of piperazine rings is 1. The highest BCUT2D eigenvalue weighted by Gasteiger charge is 2.38. The quantitative estimate of drug-likeness (QED) is 0.378. The summed E-state index contributed by atoms with van der Waals surface area (Å²) in [5.41, 5.74) is 2.71. The Balaban J connectivity index is 0.000000673. The Hall–Kier alpha value is -3.32. The normalized spacial score (nSPS) is 14.0. The number of benzene rings is 2. The van der Waals surface area contributed by atoms with Gasteiger partial charge in [-0.2, -0.15) is 13.2 Å². The molecule has 0 bridgehead atoms. The van der Waals surface area contributed by atoms with Gasteiger partial charge in [-0.1, -0.05) is 26.0 Å². The number of amides is 1. The molecule has 0 spiro atoms. The van der Waals surface area contributed by atoms with Crippen LogP contribution in [0.3, 0.4) is 0 Å². The fourth-order valence-corrected chi connectivity index (χ4v) is 4.83. The number of sulfonamides is 1. The zero-order valence-corrected chi connectivity index (χ0v) is 23.1. The minimum absolute atomic E-state index is 0.0140. The Morgan fingerprint density at radius 2 is 1.59 bits per heavy atom. The number of carbonyl (C=O) groups is 2. The van der Waals surface area contributed by atoms with Gasteiger partial charge in [-0.05, 0) is 62.1 Å². The van der Waals surface area contributed by atoms with Gasteiger partial charge >= 0.3 is 12.1 Å². The van der Waals surface area contributed by atoms with Crippen molar-refractivity contribution in [3.63, 3.8) is 0 Å². The molecule has 1 amide bonds. The minimum Gasteiger partial charge on any atom is -0.475 e. The largest absolute Gasteiger partial charge is 0.490 e. The number of aliphatic carboxylic acids is 1. The fourth-order valence-electron chi connectivity index (χ4n) is 3.77. The molecule has 39 heavy (non-hydrogen) atoms. The lowest BCUT2D eigenvalue weighted by Gasteiger charge is -2.31. The van der Waals surface area contributed by atoms with Crippen LogP contribution in [0, 0.1) is 5.92 Å². The van der Waals surface area contributed by atoms with Crippen LogP contribution in [-0.2, 0) is 21.2 Å². The minimum atomic E-state index is -5.08. The zero-order valence-electron chi connectivity index (χ0n) is 22.3. The van der Waals surface area contributed by atoms with E-state index < -0.39 is 22.2 Å². The molecule has 0 aromatic heterocycles. The van der Waals surface area contributed by atoms with Crippen molar-refractivity contribution < 1.29 is 36.3 Å². The average Bonchev–Trinajstić information content (AvgIpc) is 2.83. The van der Waals surface area contributed by atoms with Gasteiger partial charge in [-0.3, -0.25) is 9.52 Å². The van der Waals surface area contributed by atoms with Crippen molar-refractivity contribution in [3.05, 3.63) is 53.6 Å². The Morgan fingerprint density at radius 1 is 1.03 bits per heavy atom. The first-order valence-corrected chi connectivity index (χ1v) is 13.9. The third kappa shape index (κ3) is 10.1. The number of carboxylic acid groups (broad SMARTS) is 1. The lowest BCUT2D eigenvalue weighted by Crippen LogP contribution is -2.43. The summed E-state index contributed by atoms with van der Waals surface area (Å²) >= 11 is 0. The molecule has 0 saturated carbocycles. The van der Waals surface area contributed by atoms with Crippen LogP contribution in [-0.4, -0.2) is 63.8 Å². The summed E-state index contributed by atoms with van der Waals surface area (Å²) in [6.45, 7) is 11.2. The highest BCUT2D eigenvalue weighted by Crippen LogP contribution is 2.30. The van der Waals surface area contributed by atoms with Crippen LogP contribution >= 0.6 is 0 Å². The molecule has 13 heteroatoms. The summed E-state index contributed by atoms with van der Waals surface area (Å²) in [6, 6.07) is 12.2. The second kappa shape index (κ2) is 13.7. The third-order valence-corrected chi connectivity index (χ3v) is 6.88. The van der Waals surface area contributed by atoms with E-state index in [0.717, 1.165) is 43.9 Å². The van der Waals surface area contributed by atoms with E-state index in [0.29, 0.717) is 17.2 Å². The number of hydrogen-bond acceptors (Lipinski definition) is 6. The molecule has 3 rings (SSSR count). The van der Waals surface area contributed by atoms with E-state index >= 15 is 0 Å². The van der Waals surface area contributed by atoms with Crippen molar-refractivity contribution in [1.82, 2.24) is 10.6 Å². The fraction of sp³-hybridized carbons (Fsp3) is 0.462. The molecule has 1 heterocycles. The SMILES string of the molecule is CC(C)Cc1ccc(S(=O)(=O)Nc2cc(C(=O)NC(C)C)ccc2N2CCNCC2)cc1.O=C(O)C(F)(F)F. The number of halogens is 3. The van der Waals surface area contributed by atoms with Gasteiger partial charge in [0.15, 0.2) is 0 Å².